The van der Waals surface area contributed by atoms with Gasteiger partial charge in [-0.15, -0.1) is 10.2 Å². The molecule has 1 rings (SSSR count). The molecule has 74 valence electrons. The number of nitrogens with one attached hydrogen (secondary N) is 1. The van der Waals surface area contributed by atoms with Crippen LogP contribution in [0.2, 0.25) is 0 Å². The van der Waals surface area contributed by atoms with E-state index in [9.17, 15) is 0 Å². The van der Waals surface area contributed by atoms with Gasteiger partial charge in [-0.05, 0) is 19.4 Å². The lowest BCUT2D eigenvalue weighted by Crippen LogP contribution is -2.15. The molecule has 0 saturated heterocycles. The Morgan fingerprint density at radius 1 is 1.38 bits per heavy atom. The smallest absolute Gasteiger partial charge is 0.230 e. The normalized spacial score (nSPS) is 10.6. The van der Waals surface area contributed by atoms with Crippen LogP contribution in [0.3, 0.4) is 0 Å². The lowest BCUT2D eigenvalue weighted by atomic mass is 10.3. The second-order valence-corrected chi connectivity index (χ2v) is 2.82. The number of nitrogens with zero attached hydrogens (tertiary/aromatic N) is 2. The first kappa shape index (κ1) is 10.1. The van der Waals surface area contributed by atoms with Gasteiger partial charge in [-0.3, -0.25) is 0 Å². The molecule has 2 N–H and O–H groups in total. The van der Waals surface area contributed by atoms with Crippen LogP contribution in [-0.2, 0) is 6.54 Å². The fraction of sp³-hybridized carbons (Fsp3) is 0.750. The molecule has 0 aliphatic heterocycles. The van der Waals surface area contributed by atoms with Gasteiger partial charge in [-0.1, -0.05) is 0 Å². The van der Waals surface area contributed by atoms with Crippen molar-refractivity contribution in [3.8, 4) is 0 Å². The minimum atomic E-state index is 0.251. The summed E-state index contributed by atoms with van der Waals surface area (Å²) >= 11 is 0. The summed E-state index contributed by atoms with van der Waals surface area (Å²) < 4.78 is 5.16. The Bertz CT molecular complexity index is 237. The maximum absolute atomic E-state index is 8.52. The predicted octanol–water partition coefficient (Wildman–Crippen LogP) is 0.240. The molecule has 0 unspecified atom stereocenters. The number of hydrogen-bond acceptors (Lipinski definition) is 5. The summed E-state index contributed by atoms with van der Waals surface area (Å²) in [4.78, 5) is 0. The molecular formula is C8H15N3O2. The van der Waals surface area contributed by atoms with Gasteiger partial charge in [-0.25, -0.2) is 0 Å². The van der Waals surface area contributed by atoms with Gasteiger partial charge in [0.05, 0.1) is 6.54 Å². The van der Waals surface area contributed by atoms with Crippen molar-refractivity contribution in [3.63, 3.8) is 0 Å². The maximum atomic E-state index is 8.52. The zero-order valence-electron chi connectivity index (χ0n) is 7.79. The molecule has 0 saturated carbocycles. The van der Waals surface area contributed by atoms with Crippen LogP contribution in [-0.4, -0.2) is 28.5 Å². The molecule has 0 bridgehead atoms. The van der Waals surface area contributed by atoms with Crippen molar-refractivity contribution in [2.75, 3.05) is 13.2 Å². The molecule has 0 amide bonds. The minimum absolute atomic E-state index is 0.251. The van der Waals surface area contributed by atoms with Crippen LogP contribution in [0.25, 0.3) is 0 Å². The van der Waals surface area contributed by atoms with Crippen LogP contribution in [0.5, 0.6) is 0 Å². The van der Waals surface area contributed by atoms with Crippen LogP contribution < -0.4 is 5.32 Å². The minimum Gasteiger partial charge on any atom is -0.424 e. The third kappa shape index (κ3) is 4.00. The molecule has 0 aliphatic rings. The molecular weight excluding hydrogens is 170 g/mol. The van der Waals surface area contributed by atoms with E-state index in [0.29, 0.717) is 18.3 Å². The third-order valence-corrected chi connectivity index (χ3v) is 1.61. The second kappa shape index (κ2) is 5.66. The first-order valence-electron chi connectivity index (χ1n) is 4.43. The van der Waals surface area contributed by atoms with Gasteiger partial charge < -0.3 is 14.8 Å². The number of rotatable bonds is 6. The Morgan fingerprint density at radius 2 is 2.23 bits per heavy atom. The van der Waals surface area contributed by atoms with Crippen LogP contribution in [0.4, 0.5) is 0 Å². The molecule has 13 heavy (non-hydrogen) atoms. The Hall–Kier alpha value is -0.940. The number of aromatic nitrogens is 2. The lowest BCUT2D eigenvalue weighted by molar-refractivity contribution is 0.283. The van der Waals surface area contributed by atoms with Crippen LogP contribution >= 0.6 is 0 Å². The van der Waals surface area contributed by atoms with E-state index < -0.39 is 0 Å². The Labute approximate surface area is 77.2 Å². The number of hydrogen-bond donors (Lipinski definition) is 2. The fourth-order valence-electron chi connectivity index (χ4n) is 0.966. The molecule has 1 heterocycles. The highest BCUT2D eigenvalue weighted by Crippen LogP contribution is 1.96. The number of aliphatic hydroxyl groups excluding tert-OH is 1. The van der Waals surface area contributed by atoms with Gasteiger partial charge in [0.1, 0.15) is 0 Å². The standard InChI is InChI=1S/C8H15N3O2/c1-7-10-11-8(13-7)6-9-4-2-3-5-12/h9,12H,2-6H2,1H3. The van der Waals surface area contributed by atoms with Crippen molar-refractivity contribution in [2.24, 2.45) is 0 Å². The molecule has 0 fully saturated rings. The molecule has 5 heteroatoms. The van der Waals surface area contributed by atoms with Gasteiger partial charge in [0, 0.05) is 13.5 Å². The molecule has 0 radical (unpaired) electrons. The van der Waals surface area contributed by atoms with E-state index in [4.69, 9.17) is 9.52 Å². The molecule has 1 aromatic heterocycles. The molecule has 0 aromatic carbocycles. The van der Waals surface area contributed by atoms with Crippen LogP contribution in [0.1, 0.15) is 24.6 Å². The topological polar surface area (TPSA) is 71.2 Å². The maximum Gasteiger partial charge on any atom is 0.230 e. The average molecular weight is 185 g/mol. The number of aryl methyl sites for hydroxylation is 1. The van der Waals surface area contributed by atoms with Gasteiger partial charge in [-0.2, -0.15) is 0 Å². The van der Waals surface area contributed by atoms with Crippen molar-refractivity contribution >= 4 is 0 Å². The van der Waals surface area contributed by atoms with E-state index in [1.165, 1.54) is 0 Å². The van der Waals surface area contributed by atoms with Gasteiger partial charge in [0.15, 0.2) is 0 Å². The van der Waals surface area contributed by atoms with Crippen molar-refractivity contribution in [2.45, 2.75) is 26.3 Å². The fourth-order valence-corrected chi connectivity index (χ4v) is 0.966. The molecule has 5 nitrogen and oxygen atoms in total. The third-order valence-electron chi connectivity index (χ3n) is 1.61. The summed E-state index contributed by atoms with van der Waals surface area (Å²) in [6.45, 7) is 3.48. The summed E-state index contributed by atoms with van der Waals surface area (Å²) in [6, 6.07) is 0. The van der Waals surface area contributed by atoms with Crippen LogP contribution in [0.15, 0.2) is 4.42 Å². The van der Waals surface area contributed by atoms with Crippen molar-refractivity contribution in [1.82, 2.24) is 15.5 Å². The monoisotopic (exact) mass is 185 g/mol. The van der Waals surface area contributed by atoms with Crippen molar-refractivity contribution in [3.05, 3.63) is 11.8 Å². The van der Waals surface area contributed by atoms with Crippen LogP contribution in [0, 0.1) is 6.92 Å². The molecule has 0 aliphatic carbocycles. The van der Waals surface area contributed by atoms with E-state index in [2.05, 4.69) is 15.5 Å². The quantitative estimate of drug-likeness (QED) is 0.621. The molecule has 0 atom stereocenters. The van der Waals surface area contributed by atoms with E-state index >= 15 is 0 Å². The zero-order chi connectivity index (χ0) is 9.52. The van der Waals surface area contributed by atoms with E-state index in [-0.39, 0.29) is 6.61 Å². The first-order valence-corrected chi connectivity index (χ1v) is 4.43. The van der Waals surface area contributed by atoms with E-state index in [0.717, 1.165) is 19.4 Å². The second-order valence-electron chi connectivity index (χ2n) is 2.82. The predicted molar refractivity (Wildman–Crippen MR) is 47.1 cm³/mol. The highest BCUT2D eigenvalue weighted by molar-refractivity contribution is 4.77. The number of aliphatic hydroxyl groups is 1. The molecule has 0 spiro atoms. The first-order chi connectivity index (χ1) is 6.33. The van der Waals surface area contributed by atoms with Crippen molar-refractivity contribution < 1.29 is 9.52 Å². The summed E-state index contributed by atoms with van der Waals surface area (Å²) in [5.41, 5.74) is 0. The van der Waals surface area contributed by atoms with Crippen molar-refractivity contribution in [1.29, 1.82) is 0 Å². The average Bonchev–Trinajstić information content (AvgIpc) is 2.51. The highest BCUT2D eigenvalue weighted by atomic mass is 16.4. The van der Waals surface area contributed by atoms with Gasteiger partial charge in [0.2, 0.25) is 11.8 Å². The number of unbranched alkanes of at least 4 members (excludes halogenated alkanes) is 1. The van der Waals surface area contributed by atoms with Gasteiger partial charge >= 0.3 is 0 Å². The Kier molecular flexibility index (Phi) is 4.42. The highest BCUT2D eigenvalue weighted by Gasteiger charge is 1.99. The zero-order valence-corrected chi connectivity index (χ0v) is 7.79. The SMILES string of the molecule is Cc1nnc(CNCCCCO)o1. The Balaban J connectivity index is 2.06. The van der Waals surface area contributed by atoms with E-state index in [1.54, 1.807) is 6.92 Å². The summed E-state index contributed by atoms with van der Waals surface area (Å²) in [5.74, 6) is 1.20. The Morgan fingerprint density at radius 3 is 2.85 bits per heavy atom. The summed E-state index contributed by atoms with van der Waals surface area (Å²) in [6.07, 6.45) is 1.79. The van der Waals surface area contributed by atoms with E-state index in [1.807, 2.05) is 0 Å². The summed E-state index contributed by atoms with van der Waals surface area (Å²) in [5, 5.41) is 19.2. The largest absolute Gasteiger partial charge is 0.424 e. The summed E-state index contributed by atoms with van der Waals surface area (Å²) in [7, 11) is 0. The van der Waals surface area contributed by atoms with Gasteiger partial charge in [0.25, 0.3) is 0 Å². The molecule has 1 aromatic rings. The lowest BCUT2D eigenvalue weighted by Gasteiger charge is -1.99.